The first-order valence-corrected chi connectivity index (χ1v) is 16.8. The highest BCUT2D eigenvalue weighted by Gasteiger charge is 2.47. The third-order valence-electron chi connectivity index (χ3n) is 6.67. The average Bonchev–Trinajstić information content (AvgIpc) is 3.63. The molecule has 0 saturated carbocycles. The molecule has 2 aromatic heterocycles. The van der Waals surface area contributed by atoms with Gasteiger partial charge in [-0.05, 0) is 61.6 Å². The van der Waals surface area contributed by atoms with Crippen molar-refractivity contribution < 1.29 is 19.4 Å². The van der Waals surface area contributed by atoms with Crippen molar-refractivity contribution in [3.8, 4) is 5.75 Å². The molecule has 0 aliphatic carbocycles. The quantitative estimate of drug-likeness (QED) is 0.0960. The number of rotatable bonds is 11. The number of aliphatic hydroxyl groups excluding tert-OH is 1. The lowest BCUT2D eigenvalue weighted by Gasteiger charge is -2.24. The molecule has 1 N–H and O–H groups in total. The van der Waals surface area contributed by atoms with Crippen molar-refractivity contribution in [2.24, 2.45) is 5.92 Å². The van der Waals surface area contributed by atoms with Crippen molar-refractivity contribution in [1.29, 1.82) is 0 Å². The molecular weight excluding hydrogens is 647 g/mol. The minimum absolute atomic E-state index is 0.0339. The van der Waals surface area contributed by atoms with Crippen molar-refractivity contribution in [2.45, 2.75) is 50.3 Å². The number of amides is 1. The number of ketones is 1. The minimum atomic E-state index is -0.952. The lowest BCUT2D eigenvalue weighted by Crippen LogP contribution is -2.31. The number of hydrogen-bond acceptors (Lipinski definition) is 10. The van der Waals surface area contributed by atoms with Crippen LogP contribution in [-0.4, -0.2) is 38.6 Å². The summed E-state index contributed by atoms with van der Waals surface area (Å²) >= 11 is 16.2. The number of halogens is 2. The Labute approximate surface area is 271 Å². The monoisotopic (exact) mass is 674 g/mol. The zero-order chi connectivity index (χ0) is 30.8. The van der Waals surface area contributed by atoms with E-state index < -0.39 is 23.5 Å². The fourth-order valence-electron chi connectivity index (χ4n) is 4.54. The number of aromatic nitrogens is 3. The summed E-state index contributed by atoms with van der Waals surface area (Å²) in [5, 5.41) is 21.8. The summed E-state index contributed by atoms with van der Waals surface area (Å²) in [6.07, 6.45) is 0.874. The van der Waals surface area contributed by atoms with Crippen LogP contribution in [-0.2, 0) is 10.5 Å². The Balaban J connectivity index is 1.50. The lowest BCUT2D eigenvalue weighted by atomic mass is 9.95. The molecule has 0 bridgehead atoms. The van der Waals surface area contributed by atoms with Crippen LogP contribution in [0.3, 0.4) is 0 Å². The molecule has 1 atom stereocenters. The van der Waals surface area contributed by atoms with Gasteiger partial charge in [-0.1, -0.05) is 78.3 Å². The Morgan fingerprint density at radius 3 is 2.63 bits per heavy atom. The molecule has 2 aromatic carbocycles. The van der Waals surface area contributed by atoms with E-state index in [4.69, 9.17) is 27.9 Å². The van der Waals surface area contributed by atoms with Crippen LogP contribution in [0.4, 0.5) is 5.13 Å². The lowest BCUT2D eigenvalue weighted by molar-refractivity contribution is -0.117. The molecule has 1 amide bonds. The second-order valence-electron chi connectivity index (χ2n) is 10.3. The van der Waals surface area contributed by atoms with Crippen molar-refractivity contribution in [1.82, 2.24) is 15.2 Å². The first-order valence-electron chi connectivity index (χ1n) is 13.4. The van der Waals surface area contributed by atoms with Crippen LogP contribution in [0.2, 0.25) is 10.0 Å². The average molecular weight is 676 g/mol. The van der Waals surface area contributed by atoms with Gasteiger partial charge in [0.1, 0.15) is 5.75 Å². The van der Waals surface area contributed by atoms with Crippen molar-refractivity contribution in [3.05, 3.63) is 90.5 Å². The van der Waals surface area contributed by atoms with Crippen LogP contribution >= 0.6 is 57.6 Å². The standard InChI is InChI=1S/C30H28Cl2N4O4S3/c1-15(2)10-11-40-21-7-5-6-18(12-21)24-23(25(37)27-16(3)33-17(4)42-27)26(38)28(39)36(24)29-34-35-30(43-29)41-14-19-8-9-20(31)13-22(19)32/h5-9,12-13,15,24,38H,10-11,14H2,1-4H3. The molecule has 0 fully saturated rings. The zero-order valence-electron chi connectivity index (χ0n) is 23.8. The molecule has 3 heterocycles. The predicted octanol–water partition coefficient (Wildman–Crippen LogP) is 8.42. The number of Topliss-reactive ketones (excluding diaryl/α,β-unsaturated/α-hetero) is 1. The number of ether oxygens (including phenoxy) is 1. The van der Waals surface area contributed by atoms with Gasteiger partial charge in [-0.25, -0.2) is 4.98 Å². The van der Waals surface area contributed by atoms with E-state index >= 15 is 0 Å². The van der Waals surface area contributed by atoms with E-state index in [1.54, 1.807) is 37.3 Å². The topological polar surface area (TPSA) is 106 Å². The molecule has 43 heavy (non-hydrogen) atoms. The van der Waals surface area contributed by atoms with E-state index in [9.17, 15) is 14.7 Å². The molecule has 224 valence electrons. The summed E-state index contributed by atoms with van der Waals surface area (Å²) in [5.74, 6) is -0.224. The maximum absolute atomic E-state index is 13.9. The van der Waals surface area contributed by atoms with Gasteiger partial charge in [0.25, 0.3) is 5.91 Å². The maximum atomic E-state index is 13.9. The molecule has 13 heteroatoms. The number of hydrogen-bond donors (Lipinski definition) is 1. The van der Waals surface area contributed by atoms with Gasteiger partial charge >= 0.3 is 0 Å². The minimum Gasteiger partial charge on any atom is -0.503 e. The summed E-state index contributed by atoms with van der Waals surface area (Å²) in [7, 11) is 0. The Morgan fingerprint density at radius 2 is 1.93 bits per heavy atom. The molecule has 1 aliphatic heterocycles. The second kappa shape index (κ2) is 13.4. The van der Waals surface area contributed by atoms with Crippen LogP contribution in [0.25, 0.3) is 0 Å². The molecule has 1 aliphatic rings. The number of carbonyl (C=O) groups excluding carboxylic acids is 2. The first kappa shape index (κ1) is 31.5. The number of aliphatic hydroxyl groups is 1. The molecule has 8 nitrogen and oxygen atoms in total. The molecule has 4 aromatic rings. The number of anilines is 1. The molecule has 0 radical (unpaired) electrons. The van der Waals surface area contributed by atoms with Crippen LogP contribution in [0, 0.1) is 19.8 Å². The number of aryl methyl sites for hydroxylation is 2. The van der Waals surface area contributed by atoms with E-state index in [0.29, 0.717) is 59.6 Å². The summed E-state index contributed by atoms with van der Waals surface area (Å²) in [5.41, 5.74) is 1.98. The fraction of sp³-hybridized carbons (Fsp3) is 0.300. The van der Waals surface area contributed by atoms with Crippen LogP contribution in [0.5, 0.6) is 5.75 Å². The normalized spacial score (nSPS) is 15.2. The summed E-state index contributed by atoms with van der Waals surface area (Å²) in [4.78, 5) is 33.7. The molecular formula is C30H28Cl2N4O4S3. The summed E-state index contributed by atoms with van der Waals surface area (Å²) in [6, 6.07) is 11.6. The Kier molecular flexibility index (Phi) is 9.77. The van der Waals surface area contributed by atoms with Crippen molar-refractivity contribution in [2.75, 3.05) is 11.5 Å². The summed E-state index contributed by atoms with van der Waals surface area (Å²) in [6.45, 7) is 8.31. The highest BCUT2D eigenvalue weighted by molar-refractivity contribution is 8.00. The molecule has 0 saturated heterocycles. The number of thioether (sulfide) groups is 1. The fourth-order valence-corrected chi connectivity index (χ4v) is 7.84. The molecule has 0 spiro atoms. The van der Waals surface area contributed by atoms with Gasteiger partial charge in [0, 0.05) is 15.8 Å². The third-order valence-corrected chi connectivity index (χ3v) is 10.4. The van der Waals surface area contributed by atoms with Crippen LogP contribution < -0.4 is 9.64 Å². The second-order valence-corrected chi connectivity index (χ2v) is 14.5. The maximum Gasteiger partial charge on any atom is 0.296 e. The van der Waals surface area contributed by atoms with Gasteiger partial charge in [-0.3, -0.25) is 14.5 Å². The molecule has 5 rings (SSSR count). The van der Waals surface area contributed by atoms with E-state index in [1.807, 2.05) is 19.1 Å². The summed E-state index contributed by atoms with van der Waals surface area (Å²) < 4.78 is 6.58. The smallest absolute Gasteiger partial charge is 0.296 e. The number of nitrogens with zero attached hydrogens (tertiary/aromatic N) is 4. The van der Waals surface area contributed by atoms with Crippen molar-refractivity contribution in [3.63, 3.8) is 0 Å². The van der Waals surface area contributed by atoms with E-state index in [-0.39, 0.29) is 10.7 Å². The number of benzene rings is 2. The van der Waals surface area contributed by atoms with E-state index in [2.05, 4.69) is 29.0 Å². The van der Waals surface area contributed by atoms with Gasteiger partial charge in [-0.15, -0.1) is 21.5 Å². The van der Waals surface area contributed by atoms with Gasteiger partial charge in [0.15, 0.2) is 10.1 Å². The Morgan fingerprint density at radius 1 is 1.14 bits per heavy atom. The third kappa shape index (κ3) is 6.91. The SMILES string of the molecule is Cc1nc(C)c(C(=O)C2=C(O)C(=O)N(c3nnc(SCc4ccc(Cl)cc4Cl)s3)C2c2cccc(OCCC(C)C)c2)s1. The van der Waals surface area contributed by atoms with Gasteiger partial charge < -0.3 is 9.84 Å². The van der Waals surface area contributed by atoms with Gasteiger partial charge in [0.05, 0.1) is 33.8 Å². The predicted molar refractivity (Wildman–Crippen MR) is 173 cm³/mol. The van der Waals surface area contributed by atoms with Crippen LogP contribution in [0.1, 0.15) is 57.8 Å². The van der Waals surface area contributed by atoms with E-state index in [0.717, 1.165) is 12.0 Å². The zero-order valence-corrected chi connectivity index (χ0v) is 27.7. The van der Waals surface area contributed by atoms with Crippen LogP contribution in [0.15, 0.2) is 58.1 Å². The first-order chi connectivity index (χ1) is 20.5. The molecule has 1 unspecified atom stereocenters. The highest BCUT2D eigenvalue weighted by Crippen LogP contribution is 2.45. The van der Waals surface area contributed by atoms with Gasteiger partial charge in [-0.2, -0.15) is 0 Å². The van der Waals surface area contributed by atoms with Crippen molar-refractivity contribution >= 4 is 74.5 Å². The number of thiazole rings is 1. The largest absolute Gasteiger partial charge is 0.503 e. The van der Waals surface area contributed by atoms with E-state index in [1.165, 1.54) is 39.3 Å². The van der Waals surface area contributed by atoms with Gasteiger partial charge in [0.2, 0.25) is 10.9 Å². The number of carbonyl (C=O) groups is 2. The Hall–Kier alpha value is -2.96. The Bertz CT molecular complexity index is 1720. The highest BCUT2D eigenvalue weighted by atomic mass is 35.5.